The van der Waals surface area contributed by atoms with Crippen molar-refractivity contribution >= 4 is 38.9 Å². The Hall–Kier alpha value is -2.25. The van der Waals surface area contributed by atoms with Crippen molar-refractivity contribution in [2.45, 2.75) is 19.9 Å². The van der Waals surface area contributed by atoms with E-state index in [1.807, 2.05) is 6.92 Å². The number of rotatable bonds is 7. The minimum absolute atomic E-state index is 0.328. The van der Waals surface area contributed by atoms with Gasteiger partial charge in [-0.2, -0.15) is 0 Å². The van der Waals surface area contributed by atoms with Crippen molar-refractivity contribution in [1.29, 1.82) is 0 Å². The third-order valence-electron chi connectivity index (χ3n) is 3.58. The molecule has 1 amide bonds. The molecule has 6 nitrogen and oxygen atoms in total. The molecule has 0 radical (unpaired) electrons. The van der Waals surface area contributed by atoms with Crippen molar-refractivity contribution in [3.63, 3.8) is 0 Å². The van der Waals surface area contributed by atoms with Gasteiger partial charge in [0.1, 0.15) is 11.8 Å². The van der Waals surface area contributed by atoms with Gasteiger partial charge >= 0.3 is 0 Å². The second-order valence-electron chi connectivity index (χ2n) is 5.66. The van der Waals surface area contributed by atoms with Crippen LogP contribution in [0.5, 0.6) is 5.75 Å². The van der Waals surface area contributed by atoms with Gasteiger partial charge in [-0.15, -0.1) is 0 Å². The zero-order valence-electron chi connectivity index (χ0n) is 14.8. The van der Waals surface area contributed by atoms with Crippen LogP contribution in [-0.4, -0.2) is 33.2 Å². The smallest absolute Gasteiger partial charge is 0.247 e. The van der Waals surface area contributed by atoms with Gasteiger partial charge in [0.15, 0.2) is 0 Å². The number of amides is 1. The van der Waals surface area contributed by atoms with Crippen LogP contribution in [-0.2, 0) is 14.8 Å². The Kier molecular flexibility index (Phi) is 6.50. The molecule has 0 saturated heterocycles. The first-order chi connectivity index (χ1) is 12.2. The van der Waals surface area contributed by atoms with Crippen molar-refractivity contribution in [3.05, 3.63) is 53.6 Å². The van der Waals surface area contributed by atoms with Crippen LogP contribution < -0.4 is 14.4 Å². The van der Waals surface area contributed by atoms with Gasteiger partial charge in [-0.1, -0.05) is 17.7 Å². The summed E-state index contributed by atoms with van der Waals surface area (Å²) in [6, 6.07) is 12.2. The number of nitrogens with one attached hydrogen (secondary N) is 1. The quantitative estimate of drug-likeness (QED) is 0.776. The standard InChI is InChI=1S/C18H21ClN2O4S/c1-4-25-17-10-8-15(9-11-17)20-18(22)13(2)21(26(3,23)24)16-7-5-6-14(19)12-16/h5-13H,4H2,1-3H3,(H,20,22)/t13-/m1/s1. The second-order valence-corrected chi connectivity index (χ2v) is 7.96. The lowest BCUT2D eigenvalue weighted by Crippen LogP contribution is -2.45. The topological polar surface area (TPSA) is 75.7 Å². The molecule has 1 atom stereocenters. The predicted octanol–water partition coefficient (Wildman–Crippen LogP) is 3.53. The second kappa shape index (κ2) is 8.42. The number of sulfonamides is 1. The fourth-order valence-electron chi connectivity index (χ4n) is 2.47. The average Bonchev–Trinajstić information content (AvgIpc) is 2.55. The van der Waals surface area contributed by atoms with E-state index < -0.39 is 22.0 Å². The zero-order valence-corrected chi connectivity index (χ0v) is 16.3. The lowest BCUT2D eigenvalue weighted by atomic mass is 10.2. The van der Waals surface area contributed by atoms with Crippen LogP contribution in [0.15, 0.2) is 48.5 Å². The summed E-state index contributed by atoms with van der Waals surface area (Å²) in [5, 5.41) is 3.10. The Bertz CT molecular complexity index is 869. The summed E-state index contributed by atoms with van der Waals surface area (Å²) < 4.78 is 30.9. The molecule has 0 fully saturated rings. The van der Waals surface area contributed by atoms with Crippen molar-refractivity contribution in [2.24, 2.45) is 0 Å². The van der Waals surface area contributed by atoms with E-state index >= 15 is 0 Å². The van der Waals surface area contributed by atoms with E-state index in [0.29, 0.717) is 28.8 Å². The van der Waals surface area contributed by atoms with E-state index in [2.05, 4.69) is 5.32 Å². The first kappa shape index (κ1) is 20.1. The molecule has 0 aliphatic heterocycles. The molecule has 0 bridgehead atoms. The van der Waals surface area contributed by atoms with E-state index in [-0.39, 0.29) is 0 Å². The number of ether oxygens (including phenoxy) is 1. The molecule has 0 spiro atoms. The van der Waals surface area contributed by atoms with Gasteiger partial charge in [-0.05, 0) is 56.3 Å². The van der Waals surface area contributed by atoms with E-state index in [9.17, 15) is 13.2 Å². The normalized spacial score (nSPS) is 12.3. The number of halogens is 1. The van der Waals surface area contributed by atoms with Gasteiger partial charge in [0.2, 0.25) is 15.9 Å². The third-order valence-corrected chi connectivity index (χ3v) is 5.06. The summed E-state index contributed by atoms with van der Waals surface area (Å²) >= 11 is 5.96. The molecule has 140 valence electrons. The van der Waals surface area contributed by atoms with Gasteiger partial charge in [-0.3, -0.25) is 9.10 Å². The van der Waals surface area contributed by atoms with E-state index in [4.69, 9.17) is 16.3 Å². The van der Waals surface area contributed by atoms with Crippen molar-refractivity contribution in [2.75, 3.05) is 22.5 Å². The highest BCUT2D eigenvalue weighted by Crippen LogP contribution is 2.25. The van der Waals surface area contributed by atoms with Gasteiger partial charge in [0.05, 0.1) is 18.6 Å². The number of hydrogen-bond donors (Lipinski definition) is 1. The minimum atomic E-state index is -3.69. The Morgan fingerprint density at radius 1 is 1.23 bits per heavy atom. The highest BCUT2D eigenvalue weighted by Gasteiger charge is 2.29. The van der Waals surface area contributed by atoms with Crippen molar-refractivity contribution in [1.82, 2.24) is 0 Å². The Labute approximate surface area is 158 Å². The summed E-state index contributed by atoms with van der Waals surface area (Å²) in [5.74, 6) is 0.231. The molecule has 8 heteroatoms. The fraction of sp³-hybridized carbons (Fsp3) is 0.278. The number of anilines is 2. The van der Waals surface area contributed by atoms with Gasteiger partial charge in [0, 0.05) is 10.7 Å². The van der Waals surface area contributed by atoms with Crippen LogP contribution >= 0.6 is 11.6 Å². The fourth-order valence-corrected chi connectivity index (χ4v) is 3.82. The van der Waals surface area contributed by atoms with Crippen LogP contribution in [0.4, 0.5) is 11.4 Å². The van der Waals surface area contributed by atoms with E-state index in [1.54, 1.807) is 42.5 Å². The molecule has 1 N–H and O–H groups in total. The third kappa shape index (κ3) is 5.12. The summed E-state index contributed by atoms with van der Waals surface area (Å²) in [5.41, 5.74) is 0.874. The molecule has 26 heavy (non-hydrogen) atoms. The average molecular weight is 397 g/mol. The lowest BCUT2D eigenvalue weighted by Gasteiger charge is -2.28. The maximum absolute atomic E-state index is 12.6. The highest BCUT2D eigenvalue weighted by molar-refractivity contribution is 7.92. The monoisotopic (exact) mass is 396 g/mol. The van der Waals surface area contributed by atoms with Gasteiger partial charge in [-0.25, -0.2) is 8.42 Å². The Morgan fingerprint density at radius 2 is 1.88 bits per heavy atom. The van der Waals surface area contributed by atoms with Crippen LogP contribution in [0.3, 0.4) is 0 Å². The van der Waals surface area contributed by atoms with Crippen LogP contribution in [0.1, 0.15) is 13.8 Å². The van der Waals surface area contributed by atoms with Crippen LogP contribution in [0, 0.1) is 0 Å². The Balaban J connectivity index is 2.22. The lowest BCUT2D eigenvalue weighted by molar-refractivity contribution is -0.116. The first-order valence-corrected chi connectivity index (χ1v) is 10.2. The summed E-state index contributed by atoms with van der Waals surface area (Å²) in [6.07, 6.45) is 1.05. The highest BCUT2D eigenvalue weighted by atomic mass is 35.5. The molecular formula is C18H21ClN2O4S. The molecule has 0 unspecified atom stereocenters. The van der Waals surface area contributed by atoms with Gasteiger partial charge < -0.3 is 10.1 Å². The number of carbonyl (C=O) groups is 1. The molecule has 2 rings (SSSR count). The summed E-state index contributed by atoms with van der Waals surface area (Å²) in [6.45, 7) is 3.95. The Morgan fingerprint density at radius 3 is 2.42 bits per heavy atom. The summed E-state index contributed by atoms with van der Waals surface area (Å²) in [7, 11) is -3.69. The molecular weight excluding hydrogens is 376 g/mol. The largest absolute Gasteiger partial charge is 0.494 e. The molecule has 0 saturated carbocycles. The molecule has 0 aromatic heterocycles. The minimum Gasteiger partial charge on any atom is -0.494 e. The maximum atomic E-state index is 12.6. The number of carbonyl (C=O) groups excluding carboxylic acids is 1. The number of benzene rings is 2. The molecule has 0 heterocycles. The van der Waals surface area contributed by atoms with Crippen LogP contribution in [0.25, 0.3) is 0 Å². The molecule has 2 aromatic rings. The van der Waals surface area contributed by atoms with Gasteiger partial charge in [0.25, 0.3) is 0 Å². The number of hydrogen-bond acceptors (Lipinski definition) is 4. The number of nitrogens with zero attached hydrogens (tertiary/aromatic N) is 1. The van der Waals surface area contributed by atoms with E-state index in [0.717, 1.165) is 10.6 Å². The van der Waals surface area contributed by atoms with E-state index in [1.165, 1.54) is 13.0 Å². The first-order valence-electron chi connectivity index (χ1n) is 8.01. The van der Waals surface area contributed by atoms with Crippen LogP contribution in [0.2, 0.25) is 5.02 Å². The van der Waals surface area contributed by atoms with Crippen molar-refractivity contribution < 1.29 is 17.9 Å². The molecule has 0 aliphatic rings. The zero-order chi connectivity index (χ0) is 19.3. The van der Waals surface area contributed by atoms with Crippen molar-refractivity contribution in [3.8, 4) is 5.75 Å². The predicted molar refractivity (Wildman–Crippen MR) is 104 cm³/mol. The SMILES string of the molecule is CCOc1ccc(NC(=O)[C@@H](C)N(c2cccc(Cl)c2)S(C)(=O)=O)cc1. The summed E-state index contributed by atoms with van der Waals surface area (Å²) in [4.78, 5) is 12.6. The molecule has 2 aromatic carbocycles. The molecule has 0 aliphatic carbocycles. The maximum Gasteiger partial charge on any atom is 0.247 e.